The average molecular weight is 495 g/mol. The lowest BCUT2D eigenvalue weighted by molar-refractivity contribution is 0.599. The van der Waals surface area contributed by atoms with Crippen molar-refractivity contribution in [2.24, 2.45) is 0 Å². The van der Waals surface area contributed by atoms with Gasteiger partial charge in [0.2, 0.25) is 10.0 Å². The summed E-state index contributed by atoms with van der Waals surface area (Å²) in [4.78, 5) is 8.94. The van der Waals surface area contributed by atoms with E-state index in [9.17, 15) is 16.8 Å². The van der Waals surface area contributed by atoms with Gasteiger partial charge in [-0.15, -0.1) is 0 Å². The molecule has 1 saturated heterocycles. The van der Waals surface area contributed by atoms with Crippen LogP contribution in [0.25, 0.3) is 22.2 Å². The van der Waals surface area contributed by atoms with Crippen molar-refractivity contribution < 1.29 is 16.8 Å². The molecule has 34 heavy (non-hydrogen) atoms. The summed E-state index contributed by atoms with van der Waals surface area (Å²) in [5, 5.41) is 0.876. The topological polar surface area (TPSA) is 109 Å². The Morgan fingerprint density at radius 3 is 2.50 bits per heavy atom. The number of fused-ring (bicyclic) bond motifs is 1. The van der Waals surface area contributed by atoms with Gasteiger partial charge in [0.05, 0.1) is 27.5 Å². The van der Waals surface area contributed by atoms with Gasteiger partial charge in [0, 0.05) is 35.6 Å². The van der Waals surface area contributed by atoms with E-state index in [2.05, 4.69) is 14.7 Å². The molecule has 1 N–H and O–H groups in total. The zero-order valence-corrected chi connectivity index (χ0v) is 20.0. The Kier molecular flexibility index (Phi) is 5.49. The van der Waals surface area contributed by atoms with Gasteiger partial charge in [-0.3, -0.25) is 19.0 Å². The van der Waals surface area contributed by atoms with Crippen molar-refractivity contribution in [3.8, 4) is 11.3 Å². The monoisotopic (exact) mass is 494 g/mol. The van der Waals surface area contributed by atoms with E-state index in [0.29, 0.717) is 24.3 Å². The SMILES string of the molecule is Cc1ccc(NS(=O)(=O)c2ccc(N3CCCS3(=O)=O)cc2)cc1-c1nccc2ncccc12. The van der Waals surface area contributed by atoms with Gasteiger partial charge in [-0.05, 0) is 73.5 Å². The Hall–Kier alpha value is -3.50. The normalized spacial score (nSPS) is 15.5. The number of aryl methyl sites for hydroxylation is 1. The second-order valence-electron chi connectivity index (χ2n) is 8.10. The Labute approximate surface area is 198 Å². The van der Waals surface area contributed by atoms with Crippen LogP contribution in [0.1, 0.15) is 12.0 Å². The van der Waals surface area contributed by atoms with Crippen molar-refractivity contribution in [3.05, 3.63) is 78.6 Å². The molecule has 2 aromatic carbocycles. The number of rotatable bonds is 5. The maximum Gasteiger partial charge on any atom is 0.261 e. The summed E-state index contributed by atoms with van der Waals surface area (Å²) < 4.78 is 54.3. The van der Waals surface area contributed by atoms with Crippen molar-refractivity contribution in [1.29, 1.82) is 0 Å². The first-order chi connectivity index (χ1) is 16.2. The molecule has 0 bridgehead atoms. The Bertz CT molecular complexity index is 1600. The number of benzene rings is 2. The number of nitrogens with zero attached hydrogens (tertiary/aromatic N) is 3. The lowest BCUT2D eigenvalue weighted by Crippen LogP contribution is -2.25. The second-order valence-corrected chi connectivity index (χ2v) is 11.8. The fraction of sp³-hybridized carbons (Fsp3) is 0.167. The molecule has 5 rings (SSSR count). The van der Waals surface area contributed by atoms with Crippen molar-refractivity contribution >= 4 is 42.3 Å². The molecule has 3 heterocycles. The molecule has 1 aliphatic rings. The number of aromatic nitrogens is 2. The minimum atomic E-state index is -3.89. The summed E-state index contributed by atoms with van der Waals surface area (Å²) in [5.41, 5.74) is 4.13. The number of anilines is 2. The van der Waals surface area contributed by atoms with Gasteiger partial charge in [0.15, 0.2) is 0 Å². The van der Waals surface area contributed by atoms with E-state index in [1.807, 2.05) is 31.2 Å². The number of sulfonamides is 2. The molecule has 10 heteroatoms. The van der Waals surface area contributed by atoms with Crippen LogP contribution >= 0.6 is 0 Å². The Balaban J connectivity index is 1.45. The fourth-order valence-corrected chi connectivity index (χ4v) is 6.71. The number of nitrogens with one attached hydrogen (secondary N) is 1. The zero-order valence-electron chi connectivity index (χ0n) is 18.3. The predicted molar refractivity (Wildman–Crippen MR) is 133 cm³/mol. The van der Waals surface area contributed by atoms with Gasteiger partial charge in [-0.25, -0.2) is 16.8 Å². The lowest BCUT2D eigenvalue weighted by atomic mass is 10.0. The van der Waals surface area contributed by atoms with Gasteiger partial charge in [-0.1, -0.05) is 6.07 Å². The first-order valence-corrected chi connectivity index (χ1v) is 13.8. The third-order valence-corrected chi connectivity index (χ3v) is 9.08. The molecule has 2 aromatic heterocycles. The molecule has 0 saturated carbocycles. The molecule has 1 fully saturated rings. The Morgan fingerprint density at radius 2 is 1.76 bits per heavy atom. The van der Waals surface area contributed by atoms with E-state index in [-0.39, 0.29) is 10.6 Å². The summed E-state index contributed by atoms with van der Waals surface area (Å²) in [5.74, 6) is 0.103. The number of hydrogen-bond acceptors (Lipinski definition) is 6. The minimum absolute atomic E-state index is 0.0439. The van der Waals surface area contributed by atoms with Crippen molar-refractivity contribution in [3.63, 3.8) is 0 Å². The van der Waals surface area contributed by atoms with Gasteiger partial charge in [-0.2, -0.15) is 0 Å². The molecule has 0 unspecified atom stereocenters. The molecule has 0 aliphatic carbocycles. The van der Waals surface area contributed by atoms with Gasteiger partial charge >= 0.3 is 0 Å². The van der Waals surface area contributed by atoms with Gasteiger partial charge < -0.3 is 0 Å². The van der Waals surface area contributed by atoms with Crippen LogP contribution in [0, 0.1) is 6.92 Å². The number of hydrogen-bond donors (Lipinski definition) is 1. The van der Waals surface area contributed by atoms with E-state index in [4.69, 9.17) is 0 Å². The predicted octanol–water partition coefficient (Wildman–Crippen LogP) is 3.95. The highest BCUT2D eigenvalue weighted by molar-refractivity contribution is 7.93. The van der Waals surface area contributed by atoms with E-state index >= 15 is 0 Å². The third kappa shape index (κ3) is 4.10. The highest BCUT2D eigenvalue weighted by Gasteiger charge is 2.28. The highest BCUT2D eigenvalue weighted by atomic mass is 32.2. The first-order valence-electron chi connectivity index (χ1n) is 10.7. The molecule has 0 atom stereocenters. The van der Waals surface area contributed by atoms with Gasteiger partial charge in [0.25, 0.3) is 10.0 Å². The molecule has 4 aromatic rings. The maximum atomic E-state index is 13.0. The van der Waals surface area contributed by atoms with E-state index in [0.717, 1.165) is 27.7 Å². The molecular weight excluding hydrogens is 472 g/mol. The standard InChI is InChI=1S/C24H22N4O4S2/c1-17-5-6-18(16-22(17)24-21-4-2-12-25-23(21)11-13-26-24)27-34(31,32)20-9-7-19(8-10-20)28-14-3-15-33(28,29)30/h2,4-13,16,27H,3,14-15H2,1H3. The number of pyridine rings is 2. The van der Waals surface area contributed by atoms with Crippen LogP contribution in [0.5, 0.6) is 0 Å². The van der Waals surface area contributed by atoms with Crippen LogP contribution in [-0.2, 0) is 20.0 Å². The molecule has 0 radical (unpaired) electrons. The van der Waals surface area contributed by atoms with Crippen LogP contribution in [0.2, 0.25) is 0 Å². The molecule has 0 amide bonds. The lowest BCUT2D eigenvalue weighted by Gasteiger charge is -2.17. The second kappa shape index (κ2) is 8.37. The third-order valence-electron chi connectivity index (χ3n) is 5.81. The Morgan fingerprint density at radius 1 is 0.971 bits per heavy atom. The van der Waals surface area contributed by atoms with Crippen LogP contribution in [-0.4, -0.2) is 39.1 Å². The fourth-order valence-electron chi connectivity index (χ4n) is 4.09. The first kappa shape index (κ1) is 22.3. The molecular formula is C24H22N4O4S2. The maximum absolute atomic E-state index is 13.0. The van der Waals surface area contributed by atoms with E-state index in [1.54, 1.807) is 24.5 Å². The zero-order chi connectivity index (χ0) is 23.9. The van der Waals surface area contributed by atoms with Crippen LogP contribution in [0.15, 0.2) is 78.0 Å². The van der Waals surface area contributed by atoms with Crippen LogP contribution in [0.4, 0.5) is 11.4 Å². The highest BCUT2D eigenvalue weighted by Crippen LogP contribution is 2.31. The smallest absolute Gasteiger partial charge is 0.261 e. The summed E-state index contributed by atoms with van der Waals surface area (Å²) >= 11 is 0. The van der Waals surface area contributed by atoms with E-state index in [1.165, 1.54) is 28.6 Å². The van der Waals surface area contributed by atoms with Crippen LogP contribution < -0.4 is 9.03 Å². The summed E-state index contributed by atoms with van der Waals surface area (Å²) in [6.45, 7) is 2.34. The molecule has 174 valence electrons. The molecule has 1 aliphatic heterocycles. The van der Waals surface area contributed by atoms with Gasteiger partial charge in [0.1, 0.15) is 0 Å². The minimum Gasteiger partial charge on any atom is -0.280 e. The molecule has 0 spiro atoms. The van der Waals surface area contributed by atoms with E-state index < -0.39 is 20.0 Å². The van der Waals surface area contributed by atoms with Crippen LogP contribution in [0.3, 0.4) is 0 Å². The quantitative estimate of drug-likeness (QED) is 0.450. The van der Waals surface area contributed by atoms with Crippen molar-refractivity contribution in [2.45, 2.75) is 18.2 Å². The summed E-state index contributed by atoms with van der Waals surface area (Å²) in [6.07, 6.45) is 3.96. The summed E-state index contributed by atoms with van der Waals surface area (Å²) in [7, 11) is -7.22. The van der Waals surface area contributed by atoms with Crippen molar-refractivity contribution in [2.75, 3.05) is 21.3 Å². The molecule has 8 nitrogen and oxygen atoms in total. The largest absolute Gasteiger partial charge is 0.280 e. The summed E-state index contributed by atoms with van der Waals surface area (Å²) in [6, 6.07) is 16.8. The van der Waals surface area contributed by atoms with Crippen molar-refractivity contribution in [1.82, 2.24) is 9.97 Å². The average Bonchev–Trinajstić information content (AvgIpc) is 3.19.